The molecule has 5 rings (SSSR count). The predicted octanol–water partition coefficient (Wildman–Crippen LogP) is 3.89. The normalized spacial score (nSPS) is 16.0. The maximum atomic E-state index is 13.3. The van der Waals surface area contributed by atoms with Gasteiger partial charge >= 0.3 is 0 Å². The molecule has 150 valence electrons. The van der Waals surface area contributed by atoms with Gasteiger partial charge < -0.3 is 14.2 Å². The Morgan fingerprint density at radius 1 is 1.10 bits per heavy atom. The Hall–Kier alpha value is -3.00. The van der Waals surface area contributed by atoms with E-state index in [0.717, 1.165) is 66.8 Å². The highest BCUT2D eigenvalue weighted by Crippen LogP contribution is 2.32. The first-order valence-corrected chi connectivity index (χ1v) is 9.97. The zero-order valence-electron chi connectivity index (χ0n) is 16.0. The van der Waals surface area contributed by atoms with Crippen molar-refractivity contribution in [3.63, 3.8) is 0 Å². The van der Waals surface area contributed by atoms with Crippen LogP contribution < -0.4 is 4.74 Å². The van der Waals surface area contributed by atoms with Gasteiger partial charge in [-0.2, -0.15) is 15.4 Å². The third-order valence-electron chi connectivity index (χ3n) is 5.61. The number of hydrogen-bond acceptors (Lipinski definition) is 6. The summed E-state index contributed by atoms with van der Waals surface area (Å²) in [5.74, 6) is 0.890. The van der Waals surface area contributed by atoms with E-state index >= 15 is 0 Å². The lowest BCUT2D eigenvalue weighted by Gasteiger charge is -2.31. The molecule has 0 aliphatic carbocycles. The molecular weight excluding hydrogens is 373 g/mol. The number of likely N-dealkylation sites (tertiary alicyclic amines) is 1. The molecule has 1 fully saturated rings. The number of hydrogen-bond donors (Lipinski definition) is 1. The van der Waals surface area contributed by atoms with Gasteiger partial charge in [0.15, 0.2) is 5.58 Å². The maximum Gasteiger partial charge on any atom is 0.170 e. The van der Waals surface area contributed by atoms with E-state index < -0.39 is 0 Å². The number of rotatable bonds is 6. The molecule has 1 aliphatic heterocycles. The zero-order valence-corrected chi connectivity index (χ0v) is 16.0. The Bertz CT molecular complexity index is 1120. The lowest BCUT2D eigenvalue weighted by atomic mass is 9.91. The summed E-state index contributed by atoms with van der Waals surface area (Å²) in [6, 6.07) is 10.4. The highest BCUT2D eigenvalue weighted by atomic mass is 19.1. The maximum absolute atomic E-state index is 13.3. The topological polar surface area (TPSA) is 80.1 Å². The zero-order chi connectivity index (χ0) is 19.6. The van der Waals surface area contributed by atoms with Gasteiger partial charge in [0.2, 0.25) is 0 Å². The van der Waals surface area contributed by atoms with Crippen molar-refractivity contribution in [1.82, 2.24) is 25.5 Å². The third-order valence-corrected chi connectivity index (χ3v) is 5.61. The van der Waals surface area contributed by atoms with Crippen LogP contribution in [0, 0.1) is 5.82 Å². The van der Waals surface area contributed by atoms with Gasteiger partial charge in [-0.1, -0.05) is 5.16 Å². The molecule has 0 spiro atoms. The predicted molar refractivity (Wildman–Crippen MR) is 106 cm³/mol. The van der Waals surface area contributed by atoms with E-state index in [0.29, 0.717) is 18.1 Å². The molecule has 8 heteroatoms. The number of aromatic nitrogens is 4. The number of piperidine rings is 1. The SMILES string of the molecule is Fc1ccc2c(C3CCN(CCCOc4ccc5n[nH]nc5c4)CC3)noc2c1. The van der Waals surface area contributed by atoms with Crippen LogP contribution in [-0.2, 0) is 0 Å². The molecule has 0 amide bonds. The molecule has 0 bridgehead atoms. The highest BCUT2D eigenvalue weighted by molar-refractivity contribution is 5.80. The van der Waals surface area contributed by atoms with Gasteiger partial charge in [-0.15, -0.1) is 0 Å². The molecule has 1 aliphatic rings. The van der Waals surface area contributed by atoms with Crippen LogP contribution in [0.25, 0.3) is 22.0 Å². The van der Waals surface area contributed by atoms with Crippen LogP contribution in [0.1, 0.15) is 30.9 Å². The molecule has 0 radical (unpaired) electrons. The summed E-state index contributed by atoms with van der Waals surface area (Å²) in [5.41, 5.74) is 3.15. The standard InChI is InChI=1S/C21H22FN5O2/c22-15-2-4-17-20(12-15)29-25-21(17)14-6-9-27(10-7-14)8-1-11-28-16-3-5-18-19(13-16)24-26-23-18/h2-5,12-14H,1,6-11H2,(H,23,24,26). The number of aromatic amines is 1. The Kier molecular flexibility index (Phi) is 4.85. The molecule has 29 heavy (non-hydrogen) atoms. The second-order valence-electron chi connectivity index (χ2n) is 7.50. The fourth-order valence-corrected chi connectivity index (χ4v) is 4.04. The number of nitrogens with zero attached hydrogens (tertiary/aromatic N) is 4. The summed E-state index contributed by atoms with van der Waals surface area (Å²) >= 11 is 0. The van der Waals surface area contributed by atoms with Crippen LogP contribution in [0.3, 0.4) is 0 Å². The minimum absolute atomic E-state index is 0.293. The first kappa shape index (κ1) is 18.1. The van der Waals surface area contributed by atoms with Crippen molar-refractivity contribution in [2.24, 2.45) is 0 Å². The van der Waals surface area contributed by atoms with Crippen molar-refractivity contribution >= 4 is 22.0 Å². The number of H-pyrrole nitrogens is 1. The van der Waals surface area contributed by atoms with Crippen LogP contribution in [0.5, 0.6) is 5.75 Å². The van der Waals surface area contributed by atoms with Crippen LogP contribution in [0.4, 0.5) is 4.39 Å². The van der Waals surface area contributed by atoms with Gasteiger partial charge in [-0.3, -0.25) is 0 Å². The molecule has 0 atom stereocenters. The Morgan fingerprint density at radius 3 is 2.86 bits per heavy atom. The molecule has 2 aromatic heterocycles. The Labute approximate surface area is 166 Å². The minimum atomic E-state index is -0.293. The molecule has 1 saturated heterocycles. The number of halogens is 1. The largest absolute Gasteiger partial charge is 0.493 e. The van der Waals surface area contributed by atoms with E-state index in [-0.39, 0.29) is 5.82 Å². The van der Waals surface area contributed by atoms with Gasteiger partial charge in [-0.25, -0.2) is 4.39 Å². The average Bonchev–Trinajstić information content (AvgIpc) is 3.38. The monoisotopic (exact) mass is 395 g/mol. The number of ether oxygens (including phenoxy) is 1. The van der Waals surface area contributed by atoms with Crippen molar-refractivity contribution in [3.8, 4) is 5.75 Å². The fraction of sp³-hybridized carbons (Fsp3) is 0.381. The summed E-state index contributed by atoms with van der Waals surface area (Å²) in [4.78, 5) is 2.46. The van der Waals surface area contributed by atoms with E-state index in [1.165, 1.54) is 12.1 Å². The smallest absolute Gasteiger partial charge is 0.170 e. The van der Waals surface area contributed by atoms with Crippen LogP contribution in [-0.4, -0.2) is 51.7 Å². The van der Waals surface area contributed by atoms with E-state index in [1.807, 2.05) is 18.2 Å². The molecule has 4 aromatic rings. The lowest BCUT2D eigenvalue weighted by molar-refractivity contribution is 0.191. The quantitative estimate of drug-likeness (QED) is 0.499. The van der Waals surface area contributed by atoms with Crippen molar-refractivity contribution in [3.05, 3.63) is 47.9 Å². The third kappa shape index (κ3) is 3.80. The second-order valence-corrected chi connectivity index (χ2v) is 7.50. The first-order chi connectivity index (χ1) is 14.3. The second kappa shape index (κ2) is 7.79. The number of nitrogens with one attached hydrogen (secondary N) is 1. The molecule has 0 unspecified atom stereocenters. The number of fused-ring (bicyclic) bond motifs is 2. The molecule has 2 aromatic carbocycles. The van der Waals surface area contributed by atoms with Crippen molar-refractivity contribution in [2.45, 2.75) is 25.2 Å². The van der Waals surface area contributed by atoms with E-state index in [4.69, 9.17) is 9.26 Å². The van der Waals surface area contributed by atoms with Gasteiger partial charge in [-0.05, 0) is 56.6 Å². The number of benzene rings is 2. The van der Waals surface area contributed by atoms with Crippen molar-refractivity contribution in [2.75, 3.05) is 26.2 Å². The molecule has 1 N–H and O–H groups in total. The summed E-state index contributed by atoms with van der Waals surface area (Å²) in [6.45, 7) is 3.71. The van der Waals surface area contributed by atoms with Gasteiger partial charge in [0, 0.05) is 30.0 Å². The summed E-state index contributed by atoms with van der Waals surface area (Å²) in [6.07, 6.45) is 3.03. The first-order valence-electron chi connectivity index (χ1n) is 9.97. The van der Waals surface area contributed by atoms with Gasteiger partial charge in [0.1, 0.15) is 22.6 Å². The summed E-state index contributed by atoms with van der Waals surface area (Å²) in [5, 5.41) is 15.9. The Balaban J connectivity index is 1.09. The van der Waals surface area contributed by atoms with Crippen LogP contribution in [0.15, 0.2) is 40.9 Å². The van der Waals surface area contributed by atoms with E-state index in [9.17, 15) is 4.39 Å². The van der Waals surface area contributed by atoms with Crippen molar-refractivity contribution < 1.29 is 13.7 Å². The highest BCUT2D eigenvalue weighted by Gasteiger charge is 2.24. The van der Waals surface area contributed by atoms with Crippen LogP contribution in [0.2, 0.25) is 0 Å². The summed E-state index contributed by atoms with van der Waals surface area (Å²) in [7, 11) is 0. The van der Waals surface area contributed by atoms with Gasteiger partial charge in [0.25, 0.3) is 0 Å². The van der Waals surface area contributed by atoms with E-state index in [2.05, 4.69) is 25.5 Å². The van der Waals surface area contributed by atoms with Crippen molar-refractivity contribution in [1.29, 1.82) is 0 Å². The van der Waals surface area contributed by atoms with Crippen LogP contribution >= 0.6 is 0 Å². The molecule has 7 nitrogen and oxygen atoms in total. The summed E-state index contributed by atoms with van der Waals surface area (Å²) < 4.78 is 24.5. The molecule has 3 heterocycles. The minimum Gasteiger partial charge on any atom is -0.493 e. The Morgan fingerprint density at radius 2 is 1.97 bits per heavy atom. The van der Waals surface area contributed by atoms with E-state index in [1.54, 1.807) is 6.07 Å². The molecule has 0 saturated carbocycles. The average molecular weight is 395 g/mol. The lowest BCUT2D eigenvalue weighted by Crippen LogP contribution is -2.34. The molecular formula is C21H22FN5O2. The fourth-order valence-electron chi connectivity index (χ4n) is 4.04. The van der Waals surface area contributed by atoms with Gasteiger partial charge in [0.05, 0.1) is 12.3 Å².